The Hall–Kier alpha value is -1.36. The van der Waals surface area contributed by atoms with Gasteiger partial charge in [-0.05, 0) is 48.0 Å². The number of halogens is 2. The lowest BCUT2D eigenvalue weighted by Crippen LogP contribution is -2.00. The first kappa shape index (κ1) is 12.1. The molecule has 2 rings (SSSR count). The van der Waals surface area contributed by atoms with Crippen LogP contribution in [-0.4, -0.2) is 4.98 Å². The van der Waals surface area contributed by atoms with Crippen LogP contribution < -0.4 is 5.32 Å². The van der Waals surface area contributed by atoms with Gasteiger partial charge in [0.1, 0.15) is 11.6 Å². The van der Waals surface area contributed by atoms with E-state index in [9.17, 15) is 4.39 Å². The van der Waals surface area contributed by atoms with Crippen molar-refractivity contribution in [2.24, 2.45) is 0 Å². The summed E-state index contributed by atoms with van der Waals surface area (Å²) in [6.07, 6.45) is 0. The Morgan fingerprint density at radius 1 is 1.41 bits per heavy atom. The molecule has 3 nitrogen and oxygen atoms in total. The minimum Gasteiger partial charge on any atom is -0.444 e. The zero-order valence-corrected chi connectivity index (χ0v) is 11.1. The molecule has 2 aromatic rings. The van der Waals surface area contributed by atoms with Crippen LogP contribution >= 0.6 is 15.9 Å². The van der Waals surface area contributed by atoms with E-state index in [1.54, 1.807) is 6.07 Å². The Bertz CT molecular complexity index is 520. The van der Waals surface area contributed by atoms with E-state index in [0.29, 0.717) is 16.9 Å². The molecule has 17 heavy (non-hydrogen) atoms. The van der Waals surface area contributed by atoms with Gasteiger partial charge >= 0.3 is 0 Å². The molecule has 5 heteroatoms. The van der Waals surface area contributed by atoms with Crippen LogP contribution in [0.3, 0.4) is 0 Å². The molecule has 0 fully saturated rings. The number of hydrogen-bond acceptors (Lipinski definition) is 3. The molecule has 0 bridgehead atoms. The van der Waals surface area contributed by atoms with Gasteiger partial charge in [0.25, 0.3) is 0 Å². The van der Waals surface area contributed by atoms with Crippen molar-refractivity contribution in [2.75, 3.05) is 5.32 Å². The average Bonchev–Trinajstić information content (AvgIpc) is 2.57. The highest BCUT2D eigenvalue weighted by Gasteiger charge is 2.06. The van der Waals surface area contributed by atoms with Gasteiger partial charge in [0.05, 0.1) is 12.2 Å². The van der Waals surface area contributed by atoms with Gasteiger partial charge in [-0.3, -0.25) is 0 Å². The Kier molecular flexibility index (Phi) is 3.47. The smallest absolute Gasteiger partial charge is 0.213 e. The summed E-state index contributed by atoms with van der Waals surface area (Å²) >= 11 is 3.29. The van der Waals surface area contributed by atoms with Crippen LogP contribution in [0.2, 0.25) is 0 Å². The molecular formula is C12H12BrFN2O. The minimum absolute atomic E-state index is 0.273. The van der Waals surface area contributed by atoms with E-state index >= 15 is 0 Å². The maximum Gasteiger partial charge on any atom is 0.213 e. The van der Waals surface area contributed by atoms with E-state index in [1.165, 1.54) is 12.1 Å². The van der Waals surface area contributed by atoms with Gasteiger partial charge in [0, 0.05) is 10.2 Å². The van der Waals surface area contributed by atoms with Crippen LogP contribution in [-0.2, 0) is 6.54 Å². The fourth-order valence-electron chi connectivity index (χ4n) is 1.42. The molecule has 0 atom stereocenters. The van der Waals surface area contributed by atoms with Gasteiger partial charge in [-0.2, -0.15) is 0 Å². The number of aryl methyl sites for hydroxylation is 2. The number of aromatic nitrogens is 1. The summed E-state index contributed by atoms with van der Waals surface area (Å²) in [5.74, 6) is 1.17. The van der Waals surface area contributed by atoms with Gasteiger partial charge in [-0.25, -0.2) is 9.37 Å². The molecule has 0 aliphatic heterocycles. The van der Waals surface area contributed by atoms with Crippen molar-refractivity contribution < 1.29 is 8.81 Å². The van der Waals surface area contributed by atoms with Crippen LogP contribution in [0, 0.1) is 19.7 Å². The number of nitrogens with zero attached hydrogens (tertiary/aromatic N) is 1. The summed E-state index contributed by atoms with van der Waals surface area (Å²) in [4.78, 5) is 4.25. The van der Waals surface area contributed by atoms with E-state index in [0.717, 1.165) is 17.1 Å². The van der Waals surface area contributed by atoms with Gasteiger partial charge in [-0.15, -0.1) is 0 Å². The number of rotatable bonds is 3. The van der Waals surface area contributed by atoms with Gasteiger partial charge in [-0.1, -0.05) is 0 Å². The number of hydrogen-bond donors (Lipinski definition) is 1. The van der Waals surface area contributed by atoms with Gasteiger partial charge < -0.3 is 9.73 Å². The Labute approximate surface area is 107 Å². The Morgan fingerprint density at radius 2 is 2.18 bits per heavy atom. The summed E-state index contributed by atoms with van der Waals surface area (Å²) in [5.41, 5.74) is 1.69. The van der Waals surface area contributed by atoms with Crippen LogP contribution in [0.4, 0.5) is 10.1 Å². The molecule has 0 amide bonds. The predicted molar refractivity (Wildman–Crippen MR) is 67.4 cm³/mol. The van der Waals surface area contributed by atoms with E-state index in [2.05, 4.69) is 26.2 Å². The Balaban J connectivity index is 2.07. The molecule has 1 aromatic carbocycles. The molecule has 0 unspecified atom stereocenters. The molecule has 90 valence electrons. The maximum absolute atomic E-state index is 12.9. The van der Waals surface area contributed by atoms with Gasteiger partial charge in [0.2, 0.25) is 5.89 Å². The van der Waals surface area contributed by atoms with Crippen molar-refractivity contribution in [1.82, 2.24) is 4.98 Å². The quantitative estimate of drug-likeness (QED) is 0.936. The molecule has 0 radical (unpaired) electrons. The topological polar surface area (TPSA) is 38.1 Å². The highest BCUT2D eigenvalue weighted by Crippen LogP contribution is 2.23. The molecular weight excluding hydrogens is 287 g/mol. The average molecular weight is 299 g/mol. The summed E-state index contributed by atoms with van der Waals surface area (Å²) in [5, 5.41) is 3.13. The third kappa shape index (κ3) is 2.85. The maximum atomic E-state index is 12.9. The summed E-state index contributed by atoms with van der Waals surface area (Å²) in [7, 11) is 0. The minimum atomic E-state index is -0.273. The number of benzene rings is 1. The standard InChI is InChI=1S/C12H12BrFN2O/c1-7-8(2)17-12(16-7)6-15-11-4-3-9(14)5-10(11)13/h3-5,15H,6H2,1-2H3. The van der Waals surface area contributed by atoms with Crippen LogP contribution in [0.5, 0.6) is 0 Å². The number of oxazole rings is 1. The van der Waals surface area contributed by atoms with Crippen molar-refractivity contribution >= 4 is 21.6 Å². The van der Waals surface area contributed by atoms with Crippen molar-refractivity contribution in [2.45, 2.75) is 20.4 Å². The molecule has 0 saturated heterocycles. The second kappa shape index (κ2) is 4.87. The SMILES string of the molecule is Cc1nc(CNc2ccc(F)cc2Br)oc1C. The zero-order valence-electron chi connectivity index (χ0n) is 9.55. The first-order valence-corrected chi connectivity index (χ1v) is 5.97. The van der Waals surface area contributed by atoms with E-state index in [1.807, 2.05) is 13.8 Å². The molecule has 1 aromatic heterocycles. The highest BCUT2D eigenvalue weighted by atomic mass is 79.9. The normalized spacial score (nSPS) is 10.6. The Morgan fingerprint density at radius 3 is 2.76 bits per heavy atom. The van der Waals surface area contributed by atoms with Crippen molar-refractivity contribution in [3.63, 3.8) is 0 Å². The lowest BCUT2D eigenvalue weighted by atomic mass is 10.3. The first-order chi connectivity index (χ1) is 8.06. The second-order valence-corrected chi connectivity index (χ2v) is 4.58. The molecule has 1 heterocycles. The summed E-state index contributed by atoms with van der Waals surface area (Å²) < 4.78 is 19.0. The lowest BCUT2D eigenvalue weighted by molar-refractivity contribution is 0.478. The van der Waals surface area contributed by atoms with E-state index in [-0.39, 0.29) is 5.82 Å². The monoisotopic (exact) mass is 298 g/mol. The third-order valence-electron chi connectivity index (χ3n) is 2.43. The predicted octanol–water partition coefficient (Wildman–Crippen LogP) is 3.81. The zero-order chi connectivity index (χ0) is 12.4. The molecule has 0 saturated carbocycles. The number of anilines is 1. The van der Waals surface area contributed by atoms with Gasteiger partial charge in [0.15, 0.2) is 0 Å². The summed E-state index contributed by atoms with van der Waals surface area (Å²) in [6.45, 7) is 4.24. The van der Waals surface area contributed by atoms with Crippen LogP contribution in [0.15, 0.2) is 27.1 Å². The largest absolute Gasteiger partial charge is 0.444 e. The van der Waals surface area contributed by atoms with Crippen molar-refractivity contribution in [1.29, 1.82) is 0 Å². The van der Waals surface area contributed by atoms with Crippen molar-refractivity contribution in [3.05, 3.63) is 45.8 Å². The fraction of sp³-hybridized carbons (Fsp3) is 0.250. The highest BCUT2D eigenvalue weighted by molar-refractivity contribution is 9.10. The molecule has 1 N–H and O–H groups in total. The molecule has 0 aliphatic carbocycles. The fourth-order valence-corrected chi connectivity index (χ4v) is 1.91. The second-order valence-electron chi connectivity index (χ2n) is 3.73. The van der Waals surface area contributed by atoms with E-state index < -0.39 is 0 Å². The third-order valence-corrected chi connectivity index (χ3v) is 3.09. The van der Waals surface area contributed by atoms with E-state index in [4.69, 9.17) is 4.42 Å². The lowest BCUT2D eigenvalue weighted by Gasteiger charge is -2.06. The summed E-state index contributed by atoms with van der Waals surface area (Å²) in [6, 6.07) is 4.48. The van der Waals surface area contributed by atoms with Crippen LogP contribution in [0.25, 0.3) is 0 Å². The van der Waals surface area contributed by atoms with Crippen molar-refractivity contribution in [3.8, 4) is 0 Å². The number of nitrogens with one attached hydrogen (secondary N) is 1. The molecule has 0 aliphatic rings. The first-order valence-electron chi connectivity index (χ1n) is 5.18. The molecule has 0 spiro atoms. The van der Waals surface area contributed by atoms with Crippen LogP contribution in [0.1, 0.15) is 17.3 Å².